The highest BCUT2D eigenvalue weighted by atomic mass is 16.5. The smallest absolute Gasteiger partial charge is 0.262 e. The van der Waals surface area contributed by atoms with Crippen LogP contribution in [0.2, 0.25) is 0 Å². The average Bonchev–Trinajstić information content (AvgIpc) is 3.59. The average molecular weight is 521 g/mol. The summed E-state index contributed by atoms with van der Waals surface area (Å²) in [6.45, 7) is 4.08. The quantitative estimate of drug-likeness (QED) is 0.311. The van der Waals surface area contributed by atoms with E-state index in [1.165, 1.54) is 18.1 Å². The number of likely N-dealkylation sites (tertiary alicyclic amines) is 1. The summed E-state index contributed by atoms with van der Waals surface area (Å²) in [5.74, 6) is 0.288. The molecular weight excluding hydrogens is 492 g/mol. The van der Waals surface area contributed by atoms with Gasteiger partial charge in [-0.2, -0.15) is 0 Å². The number of hydrogen-bond acceptors (Lipinski definition) is 11. The Morgan fingerprint density at radius 1 is 1.18 bits per heavy atom. The third-order valence-corrected chi connectivity index (χ3v) is 6.07. The molecule has 3 N–H and O–H groups in total. The molecule has 0 spiro atoms. The van der Waals surface area contributed by atoms with Crippen LogP contribution in [0.5, 0.6) is 5.88 Å². The molecule has 1 unspecified atom stereocenters. The summed E-state index contributed by atoms with van der Waals surface area (Å²) < 4.78 is 12.3. The predicted octanol–water partition coefficient (Wildman–Crippen LogP) is 1.96. The van der Waals surface area contributed by atoms with Crippen LogP contribution in [0.25, 0.3) is 22.8 Å². The van der Waals surface area contributed by atoms with E-state index in [9.17, 15) is 15.0 Å². The summed E-state index contributed by atoms with van der Waals surface area (Å²) in [5.41, 5.74) is -0.175. The second kappa shape index (κ2) is 9.50. The van der Waals surface area contributed by atoms with Gasteiger partial charge in [0, 0.05) is 32.3 Å². The molecule has 1 amide bonds. The first-order valence-corrected chi connectivity index (χ1v) is 11.9. The molecule has 38 heavy (non-hydrogen) atoms. The van der Waals surface area contributed by atoms with Crippen molar-refractivity contribution >= 4 is 17.5 Å². The monoisotopic (exact) mass is 520 g/mol. The van der Waals surface area contributed by atoms with Crippen molar-refractivity contribution in [3.63, 3.8) is 0 Å². The van der Waals surface area contributed by atoms with Crippen molar-refractivity contribution < 1.29 is 24.3 Å². The first kappa shape index (κ1) is 25.3. The van der Waals surface area contributed by atoms with Crippen LogP contribution in [0.15, 0.2) is 47.2 Å². The largest absolute Gasteiger partial charge is 0.478 e. The number of anilines is 2. The molecule has 5 rings (SSSR count). The second-order valence-corrected chi connectivity index (χ2v) is 9.77. The molecule has 0 aromatic carbocycles. The van der Waals surface area contributed by atoms with E-state index < -0.39 is 17.1 Å². The molecule has 0 radical (unpaired) electrons. The van der Waals surface area contributed by atoms with Crippen LogP contribution in [-0.2, 0) is 16.9 Å². The topological polar surface area (TPSA) is 165 Å². The van der Waals surface area contributed by atoms with Gasteiger partial charge in [0.1, 0.15) is 11.4 Å². The molecule has 0 bridgehead atoms. The number of amides is 1. The number of carbonyl (C=O) groups excluding carboxylic acids is 1. The Morgan fingerprint density at radius 2 is 1.92 bits per heavy atom. The number of hydrogen-bond donors (Lipinski definition) is 3. The number of nitrogens with zero attached hydrogens (tertiary/aromatic N) is 7. The molecule has 0 saturated carbocycles. The fourth-order valence-electron chi connectivity index (χ4n) is 4.19. The van der Waals surface area contributed by atoms with Gasteiger partial charge in [-0.05, 0) is 32.0 Å². The Bertz CT molecular complexity index is 1480. The van der Waals surface area contributed by atoms with Crippen LogP contribution >= 0.6 is 0 Å². The number of ether oxygens (including phenoxy) is 1. The number of aromatic nitrogens is 6. The minimum Gasteiger partial charge on any atom is -0.478 e. The summed E-state index contributed by atoms with van der Waals surface area (Å²) in [4.78, 5) is 27.4. The van der Waals surface area contributed by atoms with Gasteiger partial charge in [-0.3, -0.25) is 9.48 Å². The minimum atomic E-state index is -1.73. The third kappa shape index (κ3) is 4.93. The first-order chi connectivity index (χ1) is 18.1. The number of likely N-dealkylation sites (N-methyl/N-ethyl adjacent to an activating group) is 1. The molecule has 13 heteroatoms. The van der Waals surface area contributed by atoms with Gasteiger partial charge < -0.3 is 29.7 Å². The fraction of sp³-hybridized carbons (Fsp3) is 0.360. The maximum atomic E-state index is 12.4. The lowest BCUT2D eigenvalue weighted by molar-refractivity contribution is -0.144. The van der Waals surface area contributed by atoms with Gasteiger partial charge >= 0.3 is 0 Å². The zero-order valence-electron chi connectivity index (χ0n) is 21.4. The van der Waals surface area contributed by atoms with Crippen molar-refractivity contribution in [1.29, 1.82) is 0 Å². The molecule has 4 aromatic heterocycles. The molecular formula is C25H28N8O5. The van der Waals surface area contributed by atoms with E-state index in [0.717, 1.165) is 0 Å². The zero-order valence-corrected chi connectivity index (χ0v) is 21.4. The molecule has 1 atom stereocenters. The molecule has 1 saturated heterocycles. The van der Waals surface area contributed by atoms with Crippen LogP contribution in [0.3, 0.4) is 0 Å². The van der Waals surface area contributed by atoms with Crippen LogP contribution in [0.4, 0.5) is 11.6 Å². The Labute approximate surface area is 218 Å². The SMILES string of the molecule is COc1nn(CC(C)(C)O)cc1Nc1nccc(-c2cccc(-c3cc(C4(O)CCN(C)C4=O)on3)n2)n1. The predicted molar refractivity (Wildman–Crippen MR) is 135 cm³/mol. The summed E-state index contributed by atoms with van der Waals surface area (Å²) >= 11 is 0. The van der Waals surface area contributed by atoms with Gasteiger partial charge in [0.05, 0.1) is 42.5 Å². The first-order valence-electron chi connectivity index (χ1n) is 11.9. The van der Waals surface area contributed by atoms with Gasteiger partial charge in [0.15, 0.2) is 5.76 Å². The lowest BCUT2D eigenvalue weighted by atomic mass is 9.98. The Hall–Kier alpha value is -4.36. The van der Waals surface area contributed by atoms with Gasteiger partial charge in [0.25, 0.3) is 11.8 Å². The van der Waals surface area contributed by atoms with E-state index in [1.54, 1.807) is 62.2 Å². The molecule has 1 fully saturated rings. The molecule has 13 nitrogen and oxygen atoms in total. The molecule has 1 aliphatic rings. The van der Waals surface area contributed by atoms with Crippen molar-refractivity contribution in [1.82, 2.24) is 34.8 Å². The van der Waals surface area contributed by atoms with Crippen molar-refractivity contribution in [2.75, 3.05) is 26.0 Å². The van der Waals surface area contributed by atoms with Crippen molar-refractivity contribution in [2.45, 2.75) is 38.0 Å². The third-order valence-electron chi connectivity index (χ3n) is 6.07. The van der Waals surface area contributed by atoms with Crippen LogP contribution < -0.4 is 10.1 Å². The lowest BCUT2D eigenvalue weighted by Crippen LogP contribution is -2.35. The van der Waals surface area contributed by atoms with Gasteiger partial charge in [-0.15, -0.1) is 5.10 Å². The number of aliphatic hydroxyl groups is 2. The summed E-state index contributed by atoms with van der Waals surface area (Å²) in [5, 5.41) is 32.4. The van der Waals surface area contributed by atoms with Crippen LogP contribution in [0, 0.1) is 0 Å². The maximum absolute atomic E-state index is 12.4. The van der Waals surface area contributed by atoms with E-state index in [0.29, 0.717) is 46.8 Å². The lowest BCUT2D eigenvalue weighted by Gasteiger charge is -2.16. The van der Waals surface area contributed by atoms with Crippen LogP contribution in [0.1, 0.15) is 26.0 Å². The highest BCUT2D eigenvalue weighted by molar-refractivity contribution is 5.87. The van der Waals surface area contributed by atoms with E-state index in [4.69, 9.17) is 9.26 Å². The van der Waals surface area contributed by atoms with Gasteiger partial charge in [-0.1, -0.05) is 11.2 Å². The Kier molecular flexibility index (Phi) is 6.33. The maximum Gasteiger partial charge on any atom is 0.262 e. The number of carbonyl (C=O) groups is 1. The number of rotatable bonds is 8. The van der Waals surface area contributed by atoms with Crippen molar-refractivity contribution in [3.05, 3.63) is 48.5 Å². The summed E-state index contributed by atoms with van der Waals surface area (Å²) in [7, 11) is 3.13. The van der Waals surface area contributed by atoms with Gasteiger partial charge in [-0.25, -0.2) is 15.0 Å². The normalized spacial score (nSPS) is 17.7. The Morgan fingerprint density at radius 3 is 2.61 bits per heavy atom. The second-order valence-electron chi connectivity index (χ2n) is 9.77. The number of nitrogens with one attached hydrogen (secondary N) is 1. The molecule has 198 valence electrons. The number of pyridine rings is 1. The molecule has 5 heterocycles. The zero-order chi connectivity index (χ0) is 27.1. The Balaban J connectivity index is 1.39. The van der Waals surface area contributed by atoms with E-state index in [-0.39, 0.29) is 18.7 Å². The van der Waals surface area contributed by atoms with Crippen LogP contribution in [-0.4, -0.2) is 77.2 Å². The molecule has 4 aromatic rings. The minimum absolute atomic E-state index is 0.0849. The van der Waals surface area contributed by atoms with E-state index >= 15 is 0 Å². The van der Waals surface area contributed by atoms with Crippen molar-refractivity contribution in [3.8, 4) is 28.7 Å². The number of methoxy groups -OCH3 is 1. The van der Waals surface area contributed by atoms with E-state index in [2.05, 4.69) is 30.5 Å². The summed E-state index contributed by atoms with van der Waals surface area (Å²) in [6.07, 6.45) is 3.52. The van der Waals surface area contributed by atoms with Gasteiger partial charge in [0.2, 0.25) is 11.5 Å². The van der Waals surface area contributed by atoms with Crippen molar-refractivity contribution in [2.24, 2.45) is 0 Å². The highest BCUT2D eigenvalue weighted by Gasteiger charge is 2.48. The standard InChI is InChI=1S/C25H28N8O5/c1-24(2,35)14-33-13-19(21(30-33)37-4)29-23-26-10-8-17(28-23)15-6-5-7-16(27-15)18-12-20(38-31-18)25(36)9-11-32(3)22(25)34/h5-8,10,12-13,35-36H,9,11,14H2,1-4H3,(H,26,28,29). The highest BCUT2D eigenvalue weighted by Crippen LogP contribution is 2.34. The molecule has 0 aliphatic carbocycles. The summed E-state index contributed by atoms with van der Waals surface area (Å²) in [6, 6.07) is 8.60. The molecule has 1 aliphatic heterocycles. The fourth-order valence-corrected chi connectivity index (χ4v) is 4.19. The van der Waals surface area contributed by atoms with E-state index in [1.807, 2.05) is 0 Å².